The van der Waals surface area contributed by atoms with Gasteiger partial charge in [0.1, 0.15) is 6.04 Å². The minimum Gasteiger partial charge on any atom is -0.357 e. The summed E-state index contributed by atoms with van der Waals surface area (Å²) in [6.07, 6.45) is 1.27. The first-order valence-corrected chi connectivity index (χ1v) is 10.4. The molecule has 1 aromatic rings. The van der Waals surface area contributed by atoms with E-state index in [1.807, 2.05) is 0 Å². The number of hydrogen-bond acceptors (Lipinski definition) is 5. The Labute approximate surface area is 169 Å². The van der Waals surface area contributed by atoms with Crippen molar-refractivity contribution in [3.8, 4) is 0 Å². The molecular formula is C17H23ClN4O5S. The zero-order valence-electron chi connectivity index (χ0n) is 15.9. The predicted molar refractivity (Wildman–Crippen MR) is 103 cm³/mol. The quantitative estimate of drug-likeness (QED) is 0.662. The number of nitrogens with one attached hydrogen (secondary N) is 2. The number of likely N-dealkylation sites (N-methyl/N-ethyl adjacent to an activating group) is 1. The Bertz CT molecular complexity index is 888. The van der Waals surface area contributed by atoms with E-state index in [9.17, 15) is 22.8 Å². The maximum atomic E-state index is 12.5. The van der Waals surface area contributed by atoms with Crippen molar-refractivity contribution in [2.45, 2.75) is 23.8 Å². The van der Waals surface area contributed by atoms with Gasteiger partial charge in [0.05, 0.1) is 22.0 Å². The summed E-state index contributed by atoms with van der Waals surface area (Å²) in [5.41, 5.74) is -0.0540. The third kappa shape index (κ3) is 4.62. The monoisotopic (exact) mass is 430 g/mol. The highest BCUT2D eigenvalue weighted by atomic mass is 35.5. The average molecular weight is 431 g/mol. The summed E-state index contributed by atoms with van der Waals surface area (Å²) in [6, 6.07) is 3.24. The van der Waals surface area contributed by atoms with Crippen molar-refractivity contribution in [2.24, 2.45) is 0 Å². The number of nitrogens with zero attached hydrogens (tertiary/aromatic N) is 2. The highest BCUT2D eigenvalue weighted by molar-refractivity contribution is 7.89. The molecule has 0 spiro atoms. The second kappa shape index (κ2) is 8.89. The molecule has 1 heterocycles. The Morgan fingerprint density at radius 2 is 1.96 bits per heavy atom. The van der Waals surface area contributed by atoms with Gasteiger partial charge in [-0.1, -0.05) is 11.6 Å². The molecule has 1 aliphatic heterocycles. The van der Waals surface area contributed by atoms with Crippen LogP contribution in [0.25, 0.3) is 0 Å². The summed E-state index contributed by atoms with van der Waals surface area (Å²) < 4.78 is 25.5. The third-order valence-electron chi connectivity index (χ3n) is 4.48. The maximum absolute atomic E-state index is 12.5. The SMILES string of the molecule is CNC(=O)C1CCCN1C(=O)CNC(=O)c1cc(S(=O)(=O)N(C)C)ccc1Cl. The first-order valence-electron chi connectivity index (χ1n) is 8.61. The second-order valence-corrected chi connectivity index (χ2v) is 9.03. The molecule has 9 nitrogen and oxygen atoms in total. The Morgan fingerprint density at radius 3 is 2.57 bits per heavy atom. The third-order valence-corrected chi connectivity index (χ3v) is 6.62. The molecule has 0 aliphatic carbocycles. The van der Waals surface area contributed by atoms with Crippen molar-refractivity contribution in [1.82, 2.24) is 19.8 Å². The second-order valence-electron chi connectivity index (χ2n) is 6.47. The molecule has 2 N–H and O–H groups in total. The van der Waals surface area contributed by atoms with Crippen molar-refractivity contribution in [2.75, 3.05) is 34.2 Å². The van der Waals surface area contributed by atoms with Crippen molar-refractivity contribution >= 4 is 39.3 Å². The van der Waals surface area contributed by atoms with Gasteiger partial charge in [-0.2, -0.15) is 0 Å². The van der Waals surface area contributed by atoms with Crippen molar-refractivity contribution in [1.29, 1.82) is 0 Å². The number of likely N-dealkylation sites (tertiary alicyclic amines) is 1. The van der Waals surface area contributed by atoms with E-state index in [-0.39, 0.29) is 27.9 Å². The van der Waals surface area contributed by atoms with Crippen molar-refractivity contribution in [3.63, 3.8) is 0 Å². The summed E-state index contributed by atoms with van der Waals surface area (Å²) in [6.45, 7) is 0.109. The van der Waals surface area contributed by atoms with Crippen LogP contribution in [0.2, 0.25) is 5.02 Å². The highest BCUT2D eigenvalue weighted by Crippen LogP contribution is 2.22. The van der Waals surface area contributed by atoms with E-state index in [4.69, 9.17) is 11.6 Å². The van der Waals surface area contributed by atoms with Crippen LogP contribution < -0.4 is 10.6 Å². The molecule has 154 valence electrons. The molecule has 1 unspecified atom stereocenters. The lowest BCUT2D eigenvalue weighted by Crippen LogP contribution is -2.48. The molecule has 1 saturated heterocycles. The summed E-state index contributed by atoms with van der Waals surface area (Å²) in [5, 5.41) is 5.03. The zero-order valence-corrected chi connectivity index (χ0v) is 17.4. The smallest absolute Gasteiger partial charge is 0.253 e. The van der Waals surface area contributed by atoms with E-state index >= 15 is 0 Å². The molecule has 1 aromatic carbocycles. The van der Waals surface area contributed by atoms with Crippen LogP contribution in [0.15, 0.2) is 23.1 Å². The summed E-state index contributed by atoms with van der Waals surface area (Å²) >= 11 is 6.03. The lowest BCUT2D eigenvalue weighted by atomic mass is 10.2. The van der Waals surface area contributed by atoms with E-state index in [2.05, 4.69) is 10.6 Å². The molecule has 1 aliphatic rings. The molecule has 0 radical (unpaired) electrons. The van der Waals surface area contributed by atoms with E-state index < -0.39 is 27.9 Å². The van der Waals surface area contributed by atoms with Gasteiger partial charge in [0.2, 0.25) is 21.8 Å². The van der Waals surface area contributed by atoms with E-state index in [1.165, 1.54) is 44.2 Å². The van der Waals surface area contributed by atoms with Gasteiger partial charge in [-0.05, 0) is 31.0 Å². The van der Waals surface area contributed by atoms with Gasteiger partial charge in [0.25, 0.3) is 5.91 Å². The number of hydrogen-bond donors (Lipinski definition) is 2. The van der Waals surface area contributed by atoms with Gasteiger partial charge < -0.3 is 15.5 Å². The minimum absolute atomic E-state index is 0.0540. The van der Waals surface area contributed by atoms with Crippen LogP contribution in [0.1, 0.15) is 23.2 Å². The molecule has 0 saturated carbocycles. The van der Waals surface area contributed by atoms with Gasteiger partial charge >= 0.3 is 0 Å². The molecule has 0 aromatic heterocycles. The lowest BCUT2D eigenvalue weighted by molar-refractivity contribution is -0.137. The lowest BCUT2D eigenvalue weighted by Gasteiger charge is -2.23. The topological polar surface area (TPSA) is 116 Å². The normalized spacial score (nSPS) is 16.9. The summed E-state index contributed by atoms with van der Waals surface area (Å²) in [7, 11) is 0.516. The number of rotatable bonds is 6. The van der Waals surface area contributed by atoms with E-state index in [0.717, 1.165) is 4.31 Å². The maximum Gasteiger partial charge on any atom is 0.253 e. The fourth-order valence-corrected chi connectivity index (χ4v) is 4.04. The first kappa shape index (κ1) is 22.1. The van der Waals surface area contributed by atoms with Crippen LogP contribution in [0, 0.1) is 0 Å². The fraction of sp³-hybridized carbons (Fsp3) is 0.471. The van der Waals surface area contributed by atoms with Gasteiger partial charge in [0.15, 0.2) is 0 Å². The highest BCUT2D eigenvalue weighted by Gasteiger charge is 2.33. The average Bonchev–Trinajstić information content (AvgIpc) is 3.15. The van der Waals surface area contributed by atoms with E-state index in [1.54, 1.807) is 0 Å². The number of halogens is 1. The minimum atomic E-state index is -3.74. The molecule has 28 heavy (non-hydrogen) atoms. The van der Waals surface area contributed by atoms with Gasteiger partial charge in [-0.3, -0.25) is 14.4 Å². The van der Waals surface area contributed by atoms with Crippen LogP contribution in [-0.2, 0) is 19.6 Å². The molecule has 2 rings (SSSR count). The zero-order chi connectivity index (χ0) is 21.1. The van der Waals surface area contributed by atoms with Crippen LogP contribution in [0.3, 0.4) is 0 Å². The first-order chi connectivity index (χ1) is 13.1. The predicted octanol–water partition coefficient (Wildman–Crippen LogP) is 0.0571. The molecule has 1 fully saturated rings. The number of amides is 3. The van der Waals surface area contributed by atoms with Gasteiger partial charge in [-0.25, -0.2) is 12.7 Å². The van der Waals surface area contributed by atoms with Crippen molar-refractivity contribution < 1.29 is 22.8 Å². The number of benzene rings is 1. The largest absolute Gasteiger partial charge is 0.357 e. The van der Waals surface area contributed by atoms with E-state index in [0.29, 0.717) is 19.4 Å². The number of carbonyl (C=O) groups excluding carboxylic acids is 3. The summed E-state index contributed by atoms with van der Waals surface area (Å²) in [5.74, 6) is -1.32. The fourth-order valence-electron chi connectivity index (χ4n) is 2.91. The van der Waals surface area contributed by atoms with Gasteiger partial charge in [-0.15, -0.1) is 0 Å². The molecule has 0 bridgehead atoms. The number of sulfonamides is 1. The Kier molecular flexibility index (Phi) is 7.02. The molecule has 1 atom stereocenters. The molecular weight excluding hydrogens is 408 g/mol. The molecule has 11 heteroatoms. The standard InChI is InChI=1S/C17H23ClN4O5S/c1-19-17(25)14-5-4-8-22(14)15(23)10-20-16(24)12-9-11(6-7-13(12)18)28(26,27)21(2)3/h6-7,9,14H,4-5,8,10H2,1-3H3,(H,19,25)(H,20,24). The van der Waals surface area contributed by atoms with Crippen LogP contribution in [-0.4, -0.2) is 75.6 Å². The summed E-state index contributed by atoms with van der Waals surface area (Å²) in [4.78, 5) is 38.0. The van der Waals surface area contributed by atoms with Crippen LogP contribution >= 0.6 is 11.6 Å². The van der Waals surface area contributed by atoms with Gasteiger partial charge in [0, 0.05) is 27.7 Å². The Morgan fingerprint density at radius 1 is 1.29 bits per heavy atom. The molecule has 3 amide bonds. The van der Waals surface area contributed by atoms with Crippen LogP contribution in [0.5, 0.6) is 0 Å². The van der Waals surface area contributed by atoms with Crippen LogP contribution in [0.4, 0.5) is 0 Å². The number of carbonyl (C=O) groups is 3. The van der Waals surface area contributed by atoms with Crippen molar-refractivity contribution in [3.05, 3.63) is 28.8 Å². The Hall–Kier alpha value is -2.17. The Balaban J connectivity index is 2.11.